The van der Waals surface area contributed by atoms with E-state index in [-0.39, 0.29) is 79.6 Å². The van der Waals surface area contributed by atoms with Gasteiger partial charge in [0, 0.05) is 96.4 Å². The van der Waals surface area contributed by atoms with Crippen molar-refractivity contribution in [2.75, 3.05) is 65.6 Å². The van der Waals surface area contributed by atoms with E-state index in [1.54, 1.807) is 4.90 Å². The number of cyclic esters (lactones) is 1. The number of nitrogens with zero attached hydrogens (tertiary/aromatic N) is 2. The lowest BCUT2D eigenvalue weighted by Gasteiger charge is -2.43. The highest BCUT2D eigenvalue weighted by Gasteiger charge is 2.46. The molecule has 6 N–H and O–H groups in total. The fourth-order valence-electron chi connectivity index (χ4n) is 15.2. The van der Waals surface area contributed by atoms with Gasteiger partial charge in [0.15, 0.2) is 0 Å². The number of rotatable bonds is 77. The molecule has 0 spiro atoms. The quantitative estimate of drug-likeness (QED) is 0.0147. The number of aliphatic hydroxyl groups is 2. The van der Waals surface area contributed by atoms with Gasteiger partial charge in [0.25, 0.3) is 0 Å². The fraction of sp³-hybridized carbons (Fsp3) is 0.818. The van der Waals surface area contributed by atoms with Gasteiger partial charge in [-0.05, 0) is 119 Å². The van der Waals surface area contributed by atoms with Crippen molar-refractivity contribution in [1.82, 2.24) is 26.2 Å². The number of nitrogens with one attached hydrogen (secondary N) is 4. The monoisotopic (exact) mass is 1590 g/mol. The second-order valence-electron chi connectivity index (χ2n) is 32.7. The summed E-state index contributed by atoms with van der Waals surface area (Å²) in [7, 11) is 0. The number of unbranched alkanes of at least 4 members (excludes halogenated alkanes) is 48. The largest absolute Gasteiger partial charge is 0.463 e. The van der Waals surface area contributed by atoms with Crippen LogP contribution in [0.3, 0.4) is 0 Å². The molecular weight excluding hydrogens is 1420 g/mol. The molecule has 1 aliphatic rings. The van der Waals surface area contributed by atoms with E-state index in [1.165, 1.54) is 180 Å². The summed E-state index contributed by atoms with van der Waals surface area (Å²) in [4.78, 5) is 83.2. The second kappa shape index (κ2) is 82.3. The second-order valence-corrected chi connectivity index (χ2v) is 32.7. The number of amides is 5. The highest BCUT2D eigenvalue weighted by molar-refractivity contribution is 5.80. The van der Waals surface area contributed by atoms with Crippen molar-refractivity contribution in [3.63, 3.8) is 0 Å². The smallest absolute Gasteiger partial charge is 0.315 e. The molecule has 1 aliphatic heterocycles. The zero-order valence-corrected chi connectivity index (χ0v) is 73.7. The van der Waals surface area contributed by atoms with Gasteiger partial charge in [0.05, 0.1) is 51.6 Å². The lowest BCUT2D eigenvalue weighted by Crippen LogP contribution is -2.64. The third-order valence-electron chi connectivity index (χ3n) is 22.3. The highest BCUT2D eigenvalue weighted by Crippen LogP contribution is 2.26. The zero-order chi connectivity index (χ0) is 82.6. The molecule has 0 aromatic rings. The van der Waals surface area contributed by atoms with Gasteiger partial charge < -0.3 is 41.1 Å². The molecule has 4 atom stereocenters. The molecule has 0 aromatic carbocycles. The molecule has 3 unspecified atom stereocenters. The van der Waals surface area contributed by atoms with E-state index in [9.17, 15) is 34.2 Å². The van der Waals surface area contributed by atoms with E-state index >= 15 is 4.79 Å². The van der Waals surface area contributed by atoms with Crippen LogP contribution in [0.5, 0.6) is 0 Å². The van der Waals surface area contributed by atoms with E-state index in [4.69, 9.17) is 4.74 Å². The van der Waals surface area contributed by atoms with Gasteiger partial charge in [-0.25, -0.2) is 4.79 Å². The Labute approximate surface area is 699 Å². The number of hydrogen-bond acceptors (Lipinski definition) is 10. The fourth-order valence-corrected chi connectivity index (χ4v) is 15.2. The number of carbonyl (C=O) groups excluding carboxylic acids is 6. The summed E-state index contributed by atoms with van der Waals surface area (Å²) in [6, 6.07) is -2.04. The summed E-state index contributed by atoms with van der Waals surface area (Å²) < 4.78 is 5.14. The Morgan fingerprint density at radius 1 is 0.377 bits per heavy atom. The van der Waals surface area contributed by atoms with Crippen LogP contribution in [0, 0.1) is 71.0 Å². The van der Waals surface area contributed by atoms with Gasteiger partial charge in [0.2, 0.25) is 23.6 Å². The van der Waals surface area contributed by atoms with Crippen LogP contribution in [0.4, 0.5) is 0 Å². The van der Waals surface area contributed by atoms with Crippen molar-refractivity contribution in [1.29, 1.82) is 0 Å². The Kier molecular flexibility index (Phi) is 76.7. The van der Waals surface area contributed by atoms with E-state index < -0.39 is 30.7 Å². The van der Waals surface area contributed by atoms with Gasteiger partial charge in [-0.3, -0.25) is 28.5 Å². The van der Waals surface area contributed by atoms with Crippen LogP contribution < -0.4 is 21.3 Å². The predicted molar refractivity (Wildman–Crippen MR) is 475 cm³/mol. The Bertz CT molecular complexity index is 2790. The first kappa shape index (κ1) is 106. The van der Waals surface area contributed by atoms with Crippen LogP contribution in [0.2, 0.25) is 0 Å². The predicted octanol–water partition coefficient (Wildman–Crippen LogP) is 20.8. The van der Waals surface area contributed by atoms with Gasteiger partial charge in [0.1, 0.15) is 12.6 Å². The molecule has 0 bridgehead atoms. The molecule has 1 fully saturated rings. The van der Waals surface area contributed by atoms with Crippen molar-refractivity contribution in [2.45, 2.75) is 457 Å². The zero-order valence-electron chi connectivity index (χ0n) is 73.7. The van der Waals surface area contributed by atoms with Crippen LogP contribution >= 0.6 is 0 Å². The molecular formula is C99H169N6O9+. The van der Waals surface area contributed by atoms with E-state index in [2.05, 4.69) is 113 Å². The maximum Gasteiger partial charge on any atom is 0.315 e. The van der Waals surface area contributed by atoms with Crippen molar-refractivity contribution in [3.05, 3.63) is 0 Å². The average molecular weight is 1590 g/mol. The van der Waals surface area contributed by atoms with Gasteiger partial charge in [-0.1, -0.05) is 314 Å². The summed E-state index contributed by atoms with van der Waals surface area (Å²) in [5.41, 5.74) is 0. The highest BCUT2D eigenvalue weighted by atomic mass is 16.5. The summed E-state index contributed by atoms with van der Waals surface area (Å²) >= 11 is 0. The number of ether oxygens (including phenoxy) is 1. The summed E-state index contributed by atoms with van der Waals surface area (Å²) in [5, 5.41) is 34.6. The Morgan fingerprint density at radius 2 is 0.693 bits per heavy atom. The summed E-state index contributed by atoms with van der Waals surface area (Å²) in [6.07, 6.45) is 66.4. The van der Waals surface area contributed by atoms with Crippen LogP contribution in [-0.2, 0) is 33.5 Å². The molecule has 0 aromatic heterocycles. The molecule has 5 amide bonds. The minimum atomic E-state index is -0.873. The molecule has 0 radical (unpaired) electrons. The third-order valence-corrected chi connectivity index (χ3v) is 22.3. The van der Waals surface area contributed by atoms with E-state index in [0.29, 0.717) is 77.7 Å². The van der Waals surface area contributed by atoms with Crippen molar-refractivity contribution in [3.8, 4) is 71.0 Å². The van der Waals surface area contributed by atoms with Crippen molar-refractivity contribution in [2.24, 2.45) is 0 Å². The number of esters is 1. The Balaban J connectivity index is 2.80. The number of aliphatic hydroxyl groups excluding tert-OH is 2. The SMILES string of the molecule is CCCCCCCCCCCCC#CC#CCCCCCCCCC(=O)NCCCNC(CO)CC(=O)[N@+](CCC)(CCCNC(=O)CCCCCCCCC#CC#CCCCCCCCCCCCC)C(CO)CC(=O)N(CCCNC(=O)CCCCCCCCC#CC#CCCCCCCCCCCCC)C1COC(=O)C1. The molecule has 0 aliphatic carbocycles. The minimum Gasteiger partial charge on any atom is -0.463 e. The molecule has 15 nitrogen and oxygen atoms in total. The van der Waals surface area contributed by atoms with Gasteiger partial charge >= 0.3 is 11.9 Å². The average Bonchev–Trinajstić information content (AvgIpc) is 0.920. The number of quaternary nitrogens is 1. The molecule has 114 heavy (non-hydrogen) atoms. The maximum absolute atomic E-state index is 15.2. The third kappa shape index (κ3) is 65.3. The lowest BCUT2D eigenvalue weighted by molar-refractivity contribution is -0.880. The minimum absolute atomic E-state index is 0.00873. The van der Waals surface area contributed by atoms with E-state index in [1.807, 2.05) is 6.92 Å². The Morgan fingerprint density at radius 3 is 1.00 bits per heavy atom. The topological polar surface area (TPSA) is 203 Å². The van der Waals surface area contributed by atoms with E-state index in [0.717, 1.165) is 167 Å². The first-order valence-electron chi connectivity index (χ1n) is 47.5. The summed E-state index contributed by atoms with van der Waals surface area (Å²) in [6.45, 7) is 10.3. The van der Waals surface area contributed by atoms with Crippen molar-refractivity contribution < 1.29 is 48.2 Å². The van der Waals surface area contributed by atoms with Gasteiger partial charge in [-0.2, -0.15) is 0 Å². The molecule has 15 heteroatoms. The Hall–Kier alpha value is -5.78. The van der Waals surface area contributed by atoms with Crippen LogP contribution in [0.25, 0.3) is 0 Å². The van der Waals surface area contributed by atoms with Crippen LogP contribution in [0.15, 0.2) is 0 Å². The molecule has 0 saturated carbocycles. The molecule has 1 saturated heterocycles. The van der Waals surface area contributed by atoms with Crippen LogP contribution in [-0.4, -0.2) is 139 Å². The first-order valence-corrected chi connectivity index (χ1v) is 47.5. The molecule has 648 valence electrons. The lowest BCUT2D eigenvalue weighted by atomic mass is 10.0. The number of hydrogen-bond donors (Lipinski definition) is 6. The first-order chi connectivity index (χ1) is 56.0. The molecule has 1 rings (SSSR count). The molecule has 1 heterocycles. The standard InChI is InChI=1S/C99H168N6O9/c1-5-9-12-15-18-21-24-27-30-33-36-39-42-45-48-51-54-57-60-63-66-69-75-94(108)101-79-72-78-100-91(88-106)85-98(112)105(83-8-4,84-74-81-103-96(110)77-71-68-65-62-59-56-53-50-47-44-41-38-35-32-29-26-23-20-17-14-11-7-3)93(89-107)87-97(111)104(92-86-99(113)114-90-92)82-73-80-102-95(109)76-70-67-64-61-58-55-52-49-46-43-40-37-34-31-28-25-22-19-16-13-10-6-2/h91-93,100,106-107H,5-38,51-90H2,1-4H3,(H2-,101,102,103,108,109,110)/p+1/t91?,92?,93?,105-/m1/s1. The van der Waals surface area contributed by atoms with Crippen molar-refractivity contribution >= 4 is 35.5 Å². The normalized spacial score (nSPS) is 13.1. The van der Waals surface area contributed by atoms with Gasteiger partial charge in [-0.15, -0.1) is 0 Å². The number of carbonyl (C=O) groups is 6. The maximum atomic E-state index is 15.2. The van der Waals surface area contributed by atoms with Crippen LogP contribution in [0.1, 0.15) is 439 Å². The summed E-state index contributed by atoms with van der Waals surface area (Å²) in [5.74, 6) is 36.4.